The zero-order chi connectivity index (χ0) is 17.8. The predicted molar refractivity (Wildman–Crippen MR) is 105 cm³/mol. The van der Waals surface area contributed by atoms with Crippen LogP contribution in [-0.4, -0.2) is 14.8 Å². The Bertz CT molecular complexity index is 862. The molecule has 0 unspecified atom stereocenters. The molecule has 0 radical (unpaired) electrons. The van der Waals surface area contributed by atoms with E-state index >= 15 is 0 Å². The minimum absolute atomic E-state index is 0.409. The molecule has 3 aromatic rings. The number of benzene rings is 2. The molecule has 0 fully saturated rings. The second kappa shape index (κ2) is 8.06. The van der Waals surface area contributed by atoms with Crippen LogP contribution in [0.25, 0.3) is 0 Å². The summed E-state index contributed by atoms with van der Waals surface area (Å²) in [5.41, 5.74) is 3.56. The molecule has 0 N–H and O–H groups in total. The number of thioether (sulfide) groups is 1. The lowest BCUT2D eigenvalue weighted by atomic mass is 10.1. The summed E-state index contributed by atoms with van der Waals surface area (Å²) in [5, 5.41) is 9.45. The van der Waals surface area contributed by atoms with E-state index in [0.717, 1.165) is 32.5 Å². The molecule has 0 saturated heterocycles. The second-order valence-corrected chi connectivity index (χ2v) is 7.79. The summed E-state index contributed by atoms with van der Waals surface area (Å²) in [4.78, 5) is 0. The highest BCUT2D eigenvalue weighted by Gasteiger charge is 2.11. The van der Waals surface area contributed by atoms with Gasteiger partial charge in [-0.3, -0.25) is 0 Å². The van der Waals surface area contributed by atoms with Crippen LogP contribution in [0.15, 0.2) is 52.1 Å². The third kappa shape index (κ3) is 4.64. The number of nitrogens with zero attached hydrogens (tertiary/aromatic N) is 3. The van der Waals surface area contributed by atoms with Crippen LogP contribution in [0.5, 0.6) is 5.75 Å². The topological polar surface area (TPSA) is 39.9 Å². The summed E-state index contributed by atoms with van der Waals surface area (Å²) in [6.45, 7) is 4.52. The van der Waals surface area contributed by atoms with Crippen LogP contribution in [0.2, 0.25) is 0 Å². The van der Waals surface area contributed by atoms with Crippen molar-refractivity contribution in [3.05, 3.63) is 69.5 Å². The highest BCUT2D eigenvalue weighted by Crippen LogP contribution is 2.24. The lowest BCUT2D eigenvalue weighted by Crippen LogP contribution is -2.05. The van der Waals surface area contributed by atoms with Crippen LogP contribution < -0.4 is 4.74 Å². The molecule has 0 aliphatic heterocycles. The van der Waals surface area contributed by atoms with Gasteiger partial charge >= 0.3 is 0 Å². The molecular weight excluding hydrogens is 398 g/mol. The van der Waals surface area contributed by atoms with Crippen molar-refractivity contribution < 1.29 is 4.74 Å². The molecule has 25 heavy (non-hydrogen) atoms. The Morgan fingerprint density at radius 2 is 1.84 bits per heavy atom. The number of ether oxygens (including phenoxy) is 1. The van der Waals surface area contributed by atoms with Gasteiger partial charge in [0, 0.05) is 17.3 Å². The van der Waals surface area contributed by atoms with Crippen molar-refractivity contribution in [2.75, 3.05) is 0 Å². The first-order valence-electron chi connectivity index (χ1n) is 7.98. The Balaban J connectivity index is 1.62. The molecule has 1 heterocycles. The fourth-order valence-corrected chi connectivity index (χ4v) is 3.48. The average Bonchev–Trinajstić information content (AvgIpc) is 2.95. The highest BCUT2D eigenvalue weighted by atomic mass is 79.9. The summed E-state index contributed by atoms with van der Waals surface area (Å²) in [6.07, 6.45) is 0. The van der Waals surface area contributed by atoms with E-state index in [1.165, 1.54) is 11.1 Å². The predicted octanol–water partition coefficient (Wildman–Crippen LogP) is 5.07. The van der Waals surface area contributed by atoms with E-state index in [1.54, 1.807) is 11.8 Å². The summed E-state index contributed by atoms with van der Waals surface area (Å²) in [5.74, 6) is 2.57. The number of hydrogen-bond acceptors (Lipinski definition) is 4. The number of rotatable bonds is 6. The molecule has 130 valence electrons. The molecule has 0 saturated carbocycles. The maximum Gasteiger partial charge on any atom is 0.191 e. The summed E-state index contributed by atoms with van der Waals surface area (Å²) >= 11 is 5.13. The van der Waals surface area contributed by atoms with Gasteiger partial charge in [0.25, 0.3) is 0 Å². The average molecular weight is 418 g/mol. The second-order valence-electron chi connectivity index (χ2n) is 5.93. The first-order chi connectivity index (χ1) is 12.0. The first kappa shape index (κ1) is 18.0. The van der Waals surface area contributed by atoms with Crippen molar-refractivity contribution >= 4 is 27.7 Å². The van der Waals surface area contributed by atoms with Gasteiger partial charge in [-0.25, -0.2) is 0 Å². The third-order valence-corrected chi connectivity index (χ3v) is 5.53. The minimum Gasteiger partial charge on any atom is -0.485 e. The quantitative estimate of drug-likeness (QED) is 0.525. The maximum atomic E-state index is 5.94. The Kier molecular flexibility index (Phi) is 5.81. The largest absolute Gasteiger partial charge is 0.485 e. The molecule has 1 aromatic heterocycles. The van der Waals surface area contributed by atoms with E-state index in [2.05, 4.69) is 75.5 Å². The van der Waals surface area contributed by atoms with E-state index in [4.69, 9.17) is 4.74 Å². The Labute approximate surface area is 160 Å². The molecular formula is C19H20BrN3OS. The van der Waals surface area contributed by atoms with E-state index in [-0.39, 0.29) is 0 Å². The van der Waals surface area contributed by atoms with Gasteiger partial charge in [0.1, 0.15) is 12.4 Å². The van der Waals surface area contributed by atoms with Crippen molar-refractivity contribution in [3.8, 4) is 5.75 Å². The fraction of sp³-hybridized carbons (Fsp3) is 0.263. The van der Waals surface area contributed by atoms with Crippen molar-refractivity contribution in [2.24, 2.45) is 7.05 Å². The van der Waals surface area contributed by atoms with Crippen LogP contribution in [0.1, 0.15) is 22.5 Å². The van der Waals surface area contributed by atoms with Gasteiger partial charge in [-0.1, -0.05) is 52.0 Å². The van der Waals surface area contributed by atoms with Crippen LogP contribution in [-0.2, 0) is 19.4 Å². The van der Waals surface area contributed by atoms with E-state index in [0.29, 0.717) is 6.61 Å². The molecule has 0 amide bonds. The molecule has 2 aromatic carbocycles. The molecule has 0 atom stereocenters. The molecule has 0 spiro atoms. The summed E-state index contributed by atoms with van der Waals surface area (Å²) < 4.78 is 9.02. The Morgan fingerprint density at radius 3 is 2.60 bits per heavy atom. The van der Waals surface area contributed by atoms with Gasteiger partial charge in [-0.15, -0.1) is 10.2 Å². The zero-order valence-electron chi connectivity index (χ0n) is 14.5. The van der Waals surface area contributed by atoms with E-state index < -0.39 is 0 Å². The Hall–Kier alpha value is -1.79. The number of aryl methyl sites for hydroxylation is 2. The molecule has 4 nitrogen and oxygen atoms in total. The van der Waals surface area contributed by atoms with Crippen LogP contribution >= 0.6 is 27.7 Å². The zero-order valence-corrected chi connectivity index (χ0v) is 16.9. The van der Waals surface area contributed by atoms with Crippen molar-refractivity contribution in [3.63, 3.8) is 0 Å². The van der Waals surface area contributed by atoms with Crippen molar-refractivity contribution in [1.82, 2.24) is 14.8 Å². The normalized spacial score (nSPS) is 10.9. The van der Waals surface area contributed by atoms with Gasteiger partial charge in [0.05, 0.1) is 0 Å². The Morgan fingerprint density at radius 1 is 1.08 bits per heavy atom. The summed E-state index contributed by atoms with van der Waals surface area (Å²) in [6, 6.07) is 14.5. The molecule has 3 rings (SSSR count). The minimum atomic E-state index is 0.409. The van der Waals surface area contributed by atoms with Gasteiger partial charge < -0.3 is 9.30 Å². The van der Waals surface area contributed by atoms with Crippen molar-refractivity contribution in [2.45, 2.75) is 31.4 Å². The van der Waals surface area contributed by atoms with Crippen LogP contribution in [0.3, 0.4) is 0 Å². The monoisotopic (exact) mass is 417 g/mol. The number of aromatic nitrogens is 3. The van der Waals surface area contributed by atoms with Crippen LogP contribution in [0, 0.1) is 13.8 Å². The van der Waals surface area contributed by atoms with Gasteiger partial charge in [0.2, 0.25) is 0 Å². The fourth-order valence-electron chi connectivity index (χ4n) is 2.33. The van der Waals surface area contributed by atoms with Crippen molar-refractivity contribution in [1.29, 1.82) is 0 Å². The third-order valence-electron chi connectivity index (χ3n) is 3.91. The highest BCUT2D eigenvalue weighted by molar-refractivity contribution is 9.10. The number of hydrogen-bond donors (Lipinski definition) is 0. The number of halogens is 1. The van der Waals surface area contributed by atoms with Gasteiger partial charge in [0.15, 0.2) is 11.0 Å². The van der Waals surface area contributed by atoms with Gasteiger partial charge in [-0.05, 0) is 48.7 Å². The smallest absolute Gasteiger partial charge is 0.191 e. The maximum absolute atomic E-state index is 5.94. The lowest BCUT2D eigenvalue weighted by molar-refractivity contribution is 0.288. The van der Waals surface area contributed by atoms with Gasteiger partial charge in [-0.2, -0.15) is 0 Å². The molecule has 6 heteroatoms. The SMILES string of the molecule is Cc1ccc(C)c(OCc2nnc(SCc3ccc(Br)cc3)n2C)c1. The first-order valence-corrected chi connectivity index (χ1v) is 9.76. The molecule has 0 bridgehead atoms. The summed E-state index contributed by atoms with van der Waals surface area (Å²) in [7, 11) is 1.98. The molecule has 0 aliphatic carbocycles. The van der Waals surface area contributed by atoms with E-state index in [1.807, 2.05) is 18.5 Å². The molecule has 0 aliphatic rings. The van der Waals surface area contributed by atoms with E-state index in [9.17, 15) is 0 Å². The lowest BCUT2D eigenvalue weighted by Gasteiger charge is -2.10. The standard InChI is InChI=1S/C19H20BrN3OS/c1-13-4-5-14(2)17(10-13)24-11-18-21-22-19(23(18)3)25-12-15-6-8-16(20)9-7-15/h4-10H,11-12H2,1-3H3. The van der Waals surface area contributed by atoms with Crippen LogP contribution in [0.4, 0.5) is 0 Å².